The Labute approximate surface area is 122 Å². The summed E-state index contributed by atoms with van der Waals surface area (Å²) < 4.78 is 25.4. The van der Waals surface area contributed by atoms with Gasteiger partial charge in [0.05, 0.1) is 10.2 Å². The van der Waals surface area contributed by atoms with Gasteiger partial charge in [-0.3, -0.25) is 4.21 Å². The molecule has 100 valence electrons. The molecule has 0 aliphatic carbocycles. The second-order valence-corrected chi connectivity index (χ2v) is 6.88. The first-order chi connectivity index (χ1) is 8.34. The molecule has 3 nitrogen and oxygen atoms in total. The molecule has 0 heterocycles. The predicted octanol–water partition coefficient (Wildman–Crippen LogP) is 2.40. The maximum Gasteiger partial charge on any atom is 0.161 e. The quantitative estimate of drug-likeness (QED) is 0.799. The van der Waals surface area contributed by atoms with Crippen LogP contribution in [0.5, 0.6) is 0 Å². The largest absolute Gasteiger partial charge is 0.389 e. The van der Waals surface area contributed by atoms with Gasteiger partial charge in [0.15, 0.2) is 5.82 Å². The Bertz CT molecular complexity index is 496. The third-order valence-corrected chi connectivity index (χ3v) is 4.79. The Balaban J connectivity index is 2.89. The molecule has 0 spiro atoms. The fraction of sp³-hybridized carbons (Fsp3) is 0.364. The number of hydrogen-bond donors (Lipinski definition) is 2. The van der Waals surface area contributed by atoms with Crippen LogP contribution in [0.1, 0.15) is 12.5 Å². The van der Waals surface area contributed by atoms with Gasteiger partial charge >= 0.3 is 0 Å². The Hall–Kier alpha value is -0.530. The lowest BCUT2D eigenvalue weighted by molar-refractivity contribution is 0.622. The van der Waals surface area contributed by atoms with E-state index < -0.39 is 16.6 Å². The van der Waals surface area contributed by atoms with Crippen LogP contribution >= 0.6 is 28.1 Å². The number of nitrogens with two attached hydrogens (primary N) is 1. The number of hydrogen-bond acceptors (Lipinski definition) is 3. The lowest BCUT2D eigenvalue weighted by Gasteiger charge is -2.13. The van der Waals surface area contributed by atoms with Crippen molar-refractivity contribution >= 4 is 49.6 Å². The number of anilines is 1. The van der Waals surface area contributed by atoms with Crippen molar-refractivity contribution in [1.82, 2.24) is 0 Å². The van der Waals surface area contributed by atoms with Gasteiger partial charge in [0.25, 0.3) is 0 Å². The van der Waals surface area contributed by atoms with Gasteiger partial charge in [0.2, 0.25) is 0 Å². The predicted molar refractivity (Wildman–Crippen MR) is 82.0 cm³/mol. The van der Waals surface area contributed by atoms with Crippen molar-refractivity contribution in [1.29, 1.82) is 0 Å². The lowest BCUT2D eigenvalue weighted by Crippen LogP contribution is -2.21. The van der Waals surface area contributed by atoms with Crippen LogP contribution < -0.4 is 11.1 Å². The molecule has 0 amide bonds. The number of nitrogens with one attached hydrogen (secondary N) is 1. The smallest absolute Gasteiger partial charge is 0.161 e. The summed E-state index contributed by atoms with van der Waals surface area (Å²) in [6, 6.07) is 3.21. The second-order valence-electron chi connectivity index (χ2n) is 3.84. The van der Waals surface area contributed by atoms with Gasteiger partial charge in [-0.15, -0.1) is 0 Å². The monoisotopic (exact) mass is 352 g/mol. The fourth-order valence-corrected chi connectivity index (χ4v) is 2.43. The minimum Gasteiger partial charge on any atom is -0.389 e. The molecule has 1 rings (SSSR count). The minimum atomic E-state index is -0.945. The SMILES string of the molecule is CC(CNc1ccc(C(N)=S)c(Br)c1F)S(C)=O. The third kappa shape index (κ3) is 3.73. The summed E-state index contributed by atoms with van der Waals surface area (Å²) in [5.41, 5.74) is 6.26. The first kappa shape index (κ1) is 15.5. The van der Waals surface area contributed by atoms with Crippen LogP contribution in [0.25, 0.3) is 0 Å². The molecule has 3 N–H and O–H groups in total. The van der Waals surface area contributed by atoms with Crippen LogP contribution in [-0.4, -0.2) is 27.2 Å². The molecular formula is C11H14BrFN2OS2. The number of rotatable bonds is 5. The summed E-state index contributed by atoms with van der Waals surface area (Å²) in [4.78, 5) is 0.135. The van der Waals surface area contributed by atoms with E-state index in [2.05, 4.69) is 21.2 Å². The molecular weight excluding hydrogens is 339 g/mol. The van der Waals surface area contributed by atoms with E-state index in [1.54, 1.807) is 18.4 Å². The molecule has 2 atom stereocenters. The van der Waals surface area contributed by atoms with Crippen molar-refractivity contribution in [2.45, 2.75) is 12.2 Å². The van der Waals surface area contributed by atoms with E-state index in [1.165, 1.54) is 0 Å². The van der Waals surface area contributed by atoms with Crippen LogP contribution in [0, 0.1) is 5.82 Å². The molecule has 1 aromatic carbocycles. The molecule has 0 bridgehead atoms. The highest BCUT2D eigenvalue weighted by Gasteiger charge is 2.14. The number of thiocarbonyl (C=S) groups is 1. The molecule has 0 aliphatic heterocycles. The minimum absolute atomic E-state index is 0.0570. The van der Waals surface area contributed by atoms with Crippen LogP contribution in [-0.2, 0) is 10.8 Å². The van der Waals surface area contributed by atoms with Crippen molar-refractivity contribution < 1.29 is 8.60 Å². The molecule has 0 saturated carbocycles. The van der Waals surface area contributed by atoms with Gasteiger partial charge in [0, 0.05) is 34.4 Å². The van der Waals surface area contributed by atoms with Gasteiger partial charge in [-0.1, -0.05) is 12.2 Å². The molecule has 0 aliphatic rings. The van der Waals surface area contributed by atoms with Crippen LogP contribution in [0.2, 0.25) is 0 Å². The summed E-state index contributed by atoms with van der Waals surface area (Å²) in [6.07, 6.45) is 1.62. The van der Waals surface area contributed by atoms with Crippen LogP contribution in [0.15, 0.2) is 16.6 Å². The zero-order chi connectivity index (χ0) is 13.9. The van der Waals surface area contributed by atoms with E-state index in [9.17, 15) is 8.60 Å². The van der Waals surface area contributed by atoms with Gasteiger partial charge in [-0.2, -0.15) is 0 Å². The lowest BCUT2D eigenvalue weighted by atomic mass is 10.2. The molecule has 18 heavy (non-hydrogen) atoms. The average molecular weight is 353 g/mol. The van der Waals surface area contributed by atoms with Crippen molar-refractivity contribution in [3.05, 3.63) is 28.0 Å². The molecule has 0 saturated heterocycles. The maximum atomic E-state index is 14.0. The van der Waals surface area contributed by atoms with E-state index in [0.717, 1.165) is 0 Å². The average Bonchev–Trinajstić information content (AvgIpc) is 2.30. The van der Waals surface area contributed by atoms with Crippen molar-refractivity contribution in [3.8, 4) is 0 Å². The van der Waals surface area contributed by atoms with E-state index in [-0.39, 0.29) is 14.7 Å². The number of benzene rings is 1. The van der Waals surface area contributed by atoms with Crippen LogP contribution in [0.4, 0.5) is 10.1 Å². The summed E-state index contributed by atoms with van der Waals surface area (Å²) in [6.45, 7) is 2.26. The molecule has 7 heteroatoms. The molecule has 0 aromatic heterocycles. The Morgan fingerprint density at radius 1 is 1.67 bits per heavy atom. The standard InChI is InChI=1S/C11H14BrFN2OS2/c1-6(18(2)16)5-15-8-4-3-7(11(14)17)9(12)10(8)13/h3-4,6,15H,5H2,1-2H3,(H2,14,17). The number of halogens is 2. The Kier molecular flexibility index (Phi) is 5.68. The van der Waals surface area contributed by atoms with E-state index in [1.807, 2.05) is 6.92 Å². The molecule has 0 fully saturated rings. The van der Waals surface area contributed by atoms with Gasteiger partial charge < -0.3 is 11.1 Å². The van der Waals surface area contributed by atoms with E-state index in [0.29, 0.717) is 17.8 Å². The normalized spacial score (nSPS) is 14.0. The van der Waals surface area contributed by atoms with Crippen molar-refractivity contribution in [2.24, 2.45) is 5.73 Å². The van der Waals surface area contributed by atoms with E-state index >= 15 is 0 Å². The Morgan fingerprint density at radius 3 is 2.78 bits per heavy atom. The maximum absolute atomic E-state index is 14.0. The molecule has 2 unspecified atom stereocenters. The highest BCUT2D eigenvalue weighted by molar-refractivity contribution is 9.10. The van der Waals surface area contributed by atoms with Crippen LogP contribution in [0.3, 0.4) is 0 Å². The zero-order valence-electron chi connectivity index (χ0n) is 10.00. The van der Waals surface area contributed by atoms with Crippen molar-refractivity contribution in [3.63, 3.8) is 0 Å². The van der Waals surface area contributed by atoms with Crippen molar-refractivity contribution in [2.75, 3.05) is 18.1 Å². The summed E-state index contributed by atoms with van der Waals surface area (Å²) in [5, 5.41) is 2.86. The topological polar surface area (TPSA) is 55.1 Å². The molecule has 0 radical (unpaired) electrons. The molecule has 1 aromatic rings. The van der Waals surface area contributed by atoms with Gasteiger partial charge in [0.1, 0.15) is 4.99 Å². The van der Waals surface area contributed by atoms with Gasteiger partial charge in [-0.25, -0.2) is 4.39 Å². The third-order valence-electron chi connectivity index (χ3n) is 2.49. The first-order valence-corrected chi connectivity index (χ1v) is 8.00. The summed E-state index contributed by atoms with van der Waals surface area (Å²) in [5.74, 6) is -0.450. The first-order valence-electron chi connectivity index (χ1n) is 5.18. The summed E-state index contributed by atoms with van der Waals surface area (Å²) >= 11 is 7.94. The second kappa shape index (κ2) is 6.58. The Morgan fingerprint density at radius 2 is 2.28 bits per heavy atom. The highest BCUT2D eigenvalue weighted by Crippen LogP contribution is 2.27. The fourth-order valence-electron chi connectivity index (χ4n) is 1.25. The zero-order valence-corrected chi connectivity index (χ0v) is 13.2. The van der Waals surface area contributed by atoms with Gasteiger partial charge in [-0.05, 0) is 35.0 Å². The highest BCUT2D eigenvalue weighted by atomic mass is 79.9. The summed E-state index contributed by atoms with van der Waals surface area (Å²) in [7, 11) is -0.945. The van der Waals surface area contributed by atoms with E-state index in [4.69, 9.17) is 18.0 Å².